The van der Waals surface area contributed by atoms with Crippen LogP contribution in [-0.2, 0) is 17.9 Å². The van der Waals surface area contributed by atoms with Gasteiger partial charge in [-0.05, 0) is 60.7 Å². The highest BCUT2D eigenvalue weighted by Crippen LogP contribution is 2.41. The number of carbonyl (C=O) groups excluding carboxylic acids is 1. The molecule has 2 aliphatic heterocycles. The Morgan fingerprint density at radius 1 is 1.06 bits per heavy atom. The molecule has 1 fully saturated rings. The fourth-order valence-corrected chi connectivity index (χ4v) is 4.74. The van der Waals surface area contributed by atoms with Crippen molar-refractivity contribution >= 4 is 11.5 Å². The number of rotatable bonds is 4. The van der Waals surface area contributed by atoms with Crippen LogP contribution >= 0.6 is 0 Å². The van der Waals surface area contributed by atoms with Crippen LogP contribution in [0.1, 0.15) is 52.6 Å². The van der Waals surface area contributed by atoms with Crippen LogP contribution in [-0.4, -0.2) is 35.5 Å². The number of pyridine rings is 1. The number of piperidine rings is 1. The molecule has 0 amide bonds. The molecule has 6 heteroatoms. The number of fused-ring (bicyclic) bond motifs is 2. The Morgan fingerprint density at radius 3 is 2.71 bits per heavy atom. The quantitative estimate of drug-likeness (QED) is 0.491. The van der Waals surface area contributed by atoms with Gasteiger partial charge in [-0.25, -0.2) is 14.2 Å². The van der Waals surface area contributed by atoms with Crippen LogP contribution in [0, 0.1) is 5.82 Å². The molecule has 2 aromatic carbocycles. The summed E-state index contributed by atoms with van der Waals surface area (Å²) in [6.07, 6.45) is 1.80. The SMILES string of the molecule is CCOC(=O)c1cccc(CN2CCC(=C3c4ccccc4COc4cc(F)ccc43)CC2)n1. The molecule has 0 spiro atoms. The van der Waals surface area contributed by atoms with Gasteiger partial charge in [0.25, 0.3) is 0 Å². The highest BCUT2D eigenvalue weighted by molar-refractivity contribution is 5.87. The average molecular weight is 459 g/mol. The highest BCUT2D eigenvalue weighted by atomic mass is 19.1. The van der Waals surface area contributed by atoms with E-state index in [0.29, 0.717) is 31.2 Å². The van der Waals surface area contributed by atoms with E-state index in [1.54, 1.807) is 13.0 Å². The molecule has 174 valence electrons. The predicted octanol–water partition coefficient (Wildman–Crippen LogP) is 5.39. The molecule has 1 saturated heterocycles. The molecule has 0 bridgehead atoms. The molecule has 0 atom stereocenters. The molecule has 34 heavy (non-hydrogen) atoms. The van der Waals surface area contributed by atoms with Gasteiger partial charge in [0.05, 0.1) is 12.3 Å². The van der Waals surface area contributed by atoms with E-state index in [1.807, 2.05) is 30.3 Å². The van der Waals surface area contributed by atoms with E-state index in [4.69, 9.17) is 9.47 Å². The second kappa shape index (κ2) is 9.77. The minimum absolute atomic E-state index is 0.290. The zero-order valence-corrected chi connectivity index (χ0v) is 19.2. The zero-order valence-electron chi connectivity index (χ0n) is 19.2. The van der Waals surface area contributed by atoms with E-state index in [9.17, 15) is 9.18 Å². The van der Waals surface area contributed by atoms with Gasteiger partial charge in [0.2, 0.25) is 0 Å². The molecular weight excluding hydrogens is 431 g/mol. The molecule has 0 radical (unpaired) electrons. The summed E-state index contributed by atoms with van der Waals surface area (Å²) in [5.41, 5.74) is 6.97. The van der Waals surface area contributed by atoms with Crippen LogP contribution in [0.3, 0.4) is 0 Å². The fourth-order valence-electron chi connectivity index (χ4n) is 4.74. The number of nitrogens with zero attached hydrogens (tertiary/aromatic N) is 2. The van der Waals surface area contributed by atoms with Gasteiger partial charge in [0.1, 0.15) is 23.9 Å². The van der Waals surface area contributed by atoms with Crippen molar-refractivity contribution in [3.63, 3.8) is 0 Å². The normalized spacial score (nSPS) is 15.7. The van der Waals surface area contributed by atoms with Crippen molar-refractivity contribution < 1.29 is 18.7 Å². The summed E-state index contributed by atoms with van der Waals surface area (Å²) in [4.78, 5) is 18.9. The maximum absolute atomic E-state index is 14.0. The lowest BCUT2D eigenvalue weighted by atomic mass is 9.86. The van der Waals surface area contributed by atoms with Gasteiger partial charge < -0.3 is 9.47 Å². The fraction of sp³-hybridized carbons (Fsp3) is 0.286. The summed E-state index contributed by atoms with van der Waals surface area (Å²) in [5.74, 6) is -0.0816. The summed E-state index contributed by atoms with van der Waals surface area (Å²) in [6.45, 7) is 4.98. The molecule has 5 rings (SSSR count). The third kappa shape index (κ3) is 4.59. The molecule has 0 saturated carbocycles. The van der Waals surface area contributed by atoms with Crippen LogP contribution in [0.15, 0.2) is 66.2 Å². The van der Waals surface area contributed by atoms with Gasteiger partial charge >= 0.3 is 5.97 Å². The number of esters is 1. The van der Waals surface area contributed by atoms with Crippen LogP contribution in [0.2, 0.25) is 0 Å². The molecular formula is C28H27FN2O3. The first kappa shape index (κ1) is 22.3. The number of benzene rings is 2. The largest absolute Gasteiger partial charge is 0.488 e. The molecule has 0 unspecified atom stereocenters. The zero-order chi connectivity index (χ0) is 23.5. The Balaban J connectivity index is 1.39. The van der Waals surface area contributed by atoms with Crippen molar-refractivity contribution in [3.8, 4) is 5.75 Å². The molecule has 1 aromatic heterocycles. The number of aromatic nitrogens is 1. The van der Waals surface area contributed by atoms with Crippen molar-refractivity contribution in [1.82, 2.24) is 9.88 Å². The third-order valence-corrected chi connectivity index (χ3v) is 6.37. The molecule has 0 aliphatic carbocycles. The van der Waals surface area contributed by atoms with Crippen LogP contribution in [0.4, 0.5) is 4.39 Å². The van der Waals surface area contributed by atoms with E-state index in [1.165, 1.54) is 28.8 Å². The lowest BCUT2D eigenvalue weighted by Crippen LogP contribution is -2.31. The summed E-state index contributed by atoms with van der Waals surface area (Å²) in [5, 5.41) is 0. The van der Waals surface area contributed by atoms with E-state index in [0.717, 1.165) is 42.8 Å². The van der Waals surface area contributed by atoms with E-state index in [-0.39, 0.29) is 11.8 Å². The van der Waals surface area contributed by atoms with Crippen LogP contribution < -0.4 is 4.74 Å². The Labute approximate surface area is 198 Å². The van der Waals surface area contributed by atoms with Crippen LogP contribution in [0.5, 0.6) is 5.75 Å². The Bertz CT molecular complexity index is 1240. The maximum atomic E-state index is 14.0. The Morgan fingerprint density at radius 2 is 1.88 bits per heavy atom. The van der Waals surface area contributed by atoms with Gasteiger partial charge in [-0.15, -0.1) is 0 Å². The molecule has 3 aromatic rings. The number of hydrogen-bond donors (Lipinski definition) is 0. The summed E-state index contributed by atoms with van der Waals surface area (Å²) >= 11 is 0. The van der Waals surface area contributed by atoms with Crippen molar-refractivity contribution in [2.24, 2.45) is 0 Å². The maximum Gasteiger partial charge on any atom is 0.356 e. The number of hydrogen-bond acceptors (Lipinski definition) is 5. The Hall–Kier alpha value is -3.51. The lowest BCUT2D eigenvalue weighted by molar-refractivity contribution is 0.0519. The van der Waals surface area contributed by atoms with Gasteiger partial charge in [-0.1, -0.05) is 35.9 Å². The standard InChI is InChI=1S/C28H27FN2O3/c1-2-33-28(32)25-9-5-7-22(30-25)17-31-14-12-19(13-15-31)27-23-8-4-3-6-20(23)18-34-26-16-21(29)10-11-24(26)27/h3-11,16H,2,12-15,17-18H2,1H3. The topological polar surface area (TPSA) is 51.7 Å². The van der Waals surface area contributed by atoms with Gasteiger partial charge in [-0.3, -0.25) is 4.90 Å². The van der Waals surface area contributed by atoms with E-state index < -0.39 is 0 Å². The van der Waals surface area contributed by atoms with Gasteiger partial charge in [0.15, 0.2) is 0 Å². The van der Waals surface area contributed by atoms with Crippen LogP contribution in [0.25, 0.3) is 5.57 Å². The van der Waals surface area contributed by atoms with Crippen molar-refractivity contribution in [2.75, 3.05) is 19.7 Å². The van der Waals surface area contributed by atoms with Gasteiger partial charge in [0, 0.05) is 31.3 Å². The summed E-state index contributed by atoms with van der Waals surface area (Å²) in [7, 11) is 0. The summed E-state index contributed by atoms with van der Waals surface area (Å²) in [6, 6.07) is 18.6. The van der Waals surface area contributed by atoms with Crippen molar-refractivity contribution in [1.29, 1.82) is 0 Å². The average Bonchev–Trinajstić information content (AvgIpc) is 3.01. The smallest absolute Gasteiger partial charge is 0.356 e. The predicted molar refractivity (Wildman–Crippen MR) is 128 cm³/mol. The highest BCUT2D eigenvalue weighted by Gasteiger charge is 2.25. The molecule has 2 aliphatic rings. The number of halogens is 1. The van der Waals surface area contributed by atoms with E-state index in [2.05, 4.69) is 22.0 Å². The minimum Gasteiger partial charge on any atom is -0.488 e. The summed E-state index contributed by atoms with van der Waals surface area (Å²) < 4.78 is 25.0. The second-order valence-corrected chi connectivity index (χ2v) is 8.58. The van der Waals surface area contributed by atoms with Crippen molar-refractivity contribution in [3.05, 3.63) is 100 Å². The number of likely N-dealkylation sites (tertiary alicyclic amines) is 1. The number of ether oxygens (including phenoxy) is 2. The first-order chi connectivity index (χ1) is 16.6. The first-order valence-electron chi connectivity index (χ1n) is 11.7. The van der Waals surface area contributed by atoms with Gasteiger partial charge in [-0.2, -0.15) is 0 Å². The lowest BCUT2D eigenvalue weighted by Gasteiger charge is -2.30. The molecule has 3 heterocycles. The minimum atomic E-state index is -0.389. The number of carbonyl (C=O) groups is 1. The third-order valence-electron chi connectivity index (χ3n) is 6.37. The van der Waals surface area contributed by atoms with Crippen molar-refractivity contribution in [2.45, 2.75) is 32.9 Å². The second-order valence-electron chi connectivity index (χ2n) is 8.58. The monoisotopic (exact) mass is 458 g/mol. The first-order valence-corrected chi connectivity index (χ1v) is 11.7. The Kier molecular flexibility index (Phi) is 6.41. The molecule has 5 nitrogen and oxygen atoms in total. The van der Waals surface area contributed by atoms with E-state index >= 15 is 0 Å². The molecule has 0 N–H and O–H groups in total.